The largest absolute Gasteiger partial charge is 0.430 e. The Balaban J connectivity index is 4.94. The summed E-state index contributed by atoms with van der Waals surface area (Å²) in [5, 5.41) is 0. The molecule has 0 heterocycles. The van der Waals surface area contributed by atoms with E-state index in [2.05, 4.69) is 19.8 Å². The van der Waals surface area contributed by atoms with E-state index < -0.39 is 28.4 Å². The molecule has 0 atom stereocenters. The van der Waals surface area contributed by atoms with Crippen LogP contribution >= 0.6 is 11.9 Å². The normalized spacial score (nSPS) is 12.7. The highest BCUT2D eigenvalue weighted by atomic mass is 35.5. The average Bonchev–Trinajstić information content (AvgIpc) is 2.01. The lowest BCUT2D eigenvalue weighted by Crippen LogP contribution is -2.26. The van der Waals surface area contributed by atoms with E-state index in [9.17, 15) is 30.4 Å². The summed E-state index contributed by atoms with van der Waals surface area (Å²) in [6.45, 7) is 0. The van der Waals surface area contributed by atoms with E-state index in [1.807, 2.05) is 0 Å². The van der Waals surface area contributed by atoms with Crippen molar-refractivity contribution in [3.63, 3.8) is 0 Å². The quantitative estimate of drug-likeness (QED) is 0.728. The zero-order chi connectivity index (χ0) is 11.6. The van der Waals surface area contributed by atoms with Gasteiger partial charge in [0.05, 0.1) is 11.9 Å². The molecule has 84 valence electrons. The second-order valence-corrected chi connectivity index (χ2v) is 3.13. The van der Waals surface area contributed by atoms with Crippen LogP contribution in [0.1, 0.15) is 0 Å². The summed E-state index contributed by atoms with van der Waals surface area (Å²) in [5.41, 5.74) is 0. The molecular formula is C3ClF5O4S. The molecule has 0 aliphatic heterocycles. The Morgan fingerprint density at radius 1 is 1.21 bits per heavy atom. The first kappa shape index (κ1) is 13.5. The van der Waals surface area contributed by atoms with E-state index in [0.717, 1.165) is 0 Å². The van der Waals surface area contributed by atoms with Gasteiger partial charge in [-0.2, -0.15) is 34.6 Å². The molecule has 0 saturated carbocycles. The maximum absolute atomic E-state index is 12.1. The molecule has 0 bridgehead atoms. The molecule has 0 unspecified atom stereocenters. The summed E-state index contributed by atoms with van der Waals surface area (Å²) in [4.78, 5) is 0. The Morgan fingerprint density at radius 3 is 1.93 bits per heavy atom. The van der Waals surface area contributed by atoms with Crippen molar-refractivity contribution >= 4 is 22.3 Å². The minimum atomic E-state index is -5.45. The van der Waals surface area contributed by atoms with E-state index in [1.54, 1.807) is 0 Å². The van der Waals surface area contributed by atoms with Crippen LogP contribution in [0.4, 0.5) is 22.0 Å². The van der Waals surface area contributed by atoms with Gasteiger partial charge >= 0.3 is 22.6 Å². The summed E-state index contributed by atoms with van der Waals surface area (Å²) in [5.74, 6) is -3.35. The summed E-state index contributed by atoms with van der Waals surface area (Å²) in [6, 6.07) is 0. The van der Waals surface area contributed by atoms with E-state index >= 15 is 0 Å². The highest BCUT2D eigenvalue weighted by Gasteiger charge is 2.46. The van der Waals surface area contributed by atoms with Gasteiger partial charge in [-0.05, 0) is 0 Å². The fourth-order valence-electron chi connectivity index (χ4n) is 0.288. The molecule has 0 saturated heterocycles. The third-order valence-electron chi connectivity index (χ3n) is 0.705. The first-order chi connectivity index (χ1) is 6.12. The van der Waals surface area contributed by atoms with Gasteiger partial charge < -0.3 is 0 Å². The Morgan fingerprint density at radius 2 is 1.64 bits per heavy atom. The number of hydrogen-bond donors (Lipinski definition) is 0. The van der Waals surface area contributed by atoms with Crippen LogP contribution in [-0.4, -0.2) is 14.5 Å². The zero-order valence-electron chi connectivity index (χ0n) is 5.81. The molecule has 0 aromatic rings. The minimum Gasteiger partial charge on any atom is -0.196 e. The fraction of sp³-hybridized carbons (Fsp3) is 0.333. The molecule has 0 aliphatic rings. The van der Waals surface area contributed by atoms with Gasteiger partial charge in [-0.15, -0.1) is 3.74 Å². The van der Waals surface area contributed by atoms with E-state index in [4.69, 9.17) is 0 Å². The van der Waals surface area contributed by atoms with Gasteiger partial charge in [-0.3, -0.25) is 0 Å². The van der Waals surface area contributed by atoms with Crippen LogP contribution in [0.15, 0.2) is 11.9 Å². The van der Waals surface area contributed by atoms with Gasteiger partial charge in [0.2, 0.25) is 0 Å². The SMILES string of the molecule is O=S(=O)(OCl)OC(F)(F)C(F)=C(F)F. The molecule has 0 N–H and O–H groups in total. The Labute approximate surface area is 79.4 Å². The Hall–Kier alpha value is -0.450. The molecule has 0 radical (unpaired) electrons. The van der Waals surface area contributed by atoms with Crippen LogP contribution < -0.4 is 0 Å². The topological polar surface area (TPSA) is 52.6 Å². The van der Waals surface area contributed by atoms with Crippen LogP contribution in [0.25, 0.3) is 0 Å². The highest BCUT2D eigenvalue weighted by molar-refractivity contribution is 7.82. The lowest BCUT2D eigenvalue weighted by atomic mass is 10.5. The van der Waals surface area contributed by atoms with Crippen LogP contribution in [0.5, 0.6) is 0 Å². The molecular weight excluding hydrogens is 263 g/mol. The van der Waals surface area contributed by atoms with Gasteiger partial charge in [0.15, 0.2) is 0 Å². The van der Waals surface area contributed by atoms with Crippen molar-refractivity contribution < 1.29 is 38.3 Å². The predicted molar refractivity (Wildman–Crippen MR) is 32.2 cm³/mol. The lowest BCUT2D eigenvalue weighted by Gasteiger charge is -2.11. The van der Waals surface area contributed by atoms with Crippen molar-refractivity contribution in [3.8, 4) is 0 Å². The summed E-state index contributed by atoms with van der Waals surface area (Å²) < 4.78 is 84.1. The van der Waals surface area contributed by atoms with Gasteiger partial charge in [-0.25, -0.2) is 0 Å². The maximum atomic E-state index is 12.1. The predicted octanol–water partition coefficient (Wildman–Crippen LogP) is 2.09. The molecule has 0 aliphatic carbocycles. The van der Waals surface area contributed by atoms with Crippen molar-refractivity contribution in [2.24, 2.45) is 0 Å². The number of halogens is 6. The molecule has 0 aromatic heterocycles. The van der Waals surface area contributed by atoms with E-state index in [-0.39, 0.29) is 0 Å². The Kier molecular flexibility index (Phi) is 4.24. The van der Waals surface area contributed by atoms with Crippen molar-refractivity contribution in [1.29, 1.82) is 0 Å². The van der Waals surface area contributed by atoms with Gasteiger partial charge in [0.1, 0.15) is 0 Å². The second kappa shape index (κ2) is 4.38. The molecule has 0 fully saturated rings. The molecule has 4 nitrogen and oxygen atoms in total. The van der Waals surface area contributed by atoms with Crippen molar-refractivity contribution in [2.75, 3.05) is 0 Å². The molecule has 0 amide bonds. The van der Waals surface area contributed by atoms with Crippen molar-refractivity contribution in [3.05, 3.63) is 11.9 Å². The smallest absolute Gasteiger partial charge is 0.196 e. The van der Waals surface area contributed by atoms with Gasteiger partial charge in [-0.1, -0.05) is 0 Å². The second-order valence-electron chi connectivity index (χ2n) is 1.65. The molecule has 0 aromatic carbocycles. The number of hydrogen-bond acceptors (Lipinski definition) is 4. The third-order valence-corrected chi connectivity index (χ3v) is 1.74. The first-order valence-corrected chi connectivity index (χ1v) is 4.11. The van der Waals surface area contributed by atoms with Crippen LogP contribution in [0.3, 0.4) is 0 Å². The number of alkyl halides is 2. The Bertz CT molecular complexity index is 333. The monoisotopic (exact) mass is 262 g/mol. The third kappa shape index (κ3) is 3.74. The summed E-state index contributed by atoms with van der Waals surface area (Å²) in [6.07, 6.45) is -8.80. The summed E-state index contributed by atoms with van der Waals surface area (Å²) in [7, 11) is -5.45. The van der Waals surface area contributed by atoms with E-state index in [0.29, 0.717) is 0 Å². The maximum Gasteiger partial charge on any atom is 0.430 e. The van der Waals surface area contributed by atoms with Crippen LogP contribution in [0, 0.1) is 0 Å². The van der Waals surface area contributed by atoms with Gasteiger partial charge in [0, 0.05) is 0 Å². The minimum absolute atomic E-state index is 2.57. The zero-order valence-corrected chi connectivity index (χ0v) is 7.38. The van der Waals surface area contributed by atoms with Crippen molar-refractivity contribution in [1.82, 2.24) is 0 Å². The molecule has 0 spiro atoms. The number of rotatable bonds is 4. The fourth-order valence-corrected chi connectivity index (χ4v) is 0.720. The summed E-state index contributed by atoms with van der Waals surface area (Å²) >= 11 is 4.11. The van der Waals surface area contributed by atoms with Gasteiger partial charge in [0.25, 0.3) is 5.83 Å². The van der Waals surface area contributed by atoms with Crippen LogP contribution in [-0.2, 0) is 18.3 Å². The molecule has 11 heteroatoms. The molecule has 0 rings (SSSR count). The lowest BCUT2D eigenvalue weighted by molar-refractivity contribution is -0.159. The molecule has 14 heavy (non-hydrogen) atoms. The van der Waals surface area contributed by atoms with Crippen LogP contribution in [0.2, 0.25) is 0 Å². The van der Waals surface area contributed by atoms with Crippen molar-refractivity contribution in [2.45, 2.75) is 6.11 Å². The standard InChI is InChI=1S/C3ClF5O4S/c4-13-14(10,11)12-3(8,9)1(5)2(6)7. The average molecular weight is 263 g/mol. The first-order valence-electron chi connectivity index (χ1n) is 2.47. The highest BCUT2D eigenvalue weighted by Crippen LogP contribution is 2.32. The van der Waals surface area contributed by atoms with E-state index in [1.165, 1.54) is 0 Å².